The summed E-state index contributed by atoms with van der Waals surface area (Å²) in [4.78, 5) is 11.4. The summed E-state index contributed by atoms with van der Waals surface area (Å²) in [5.41, 5.74) is 2.39. The maximum Gasteiger partial charge on any atom is 0.274 e. The van der Waals surface area contributed by atoms with E-state index in [4.69, 9.17) is 4.55 Å². The first-order valence-electron chi connectivity index (χ1n) is 5.17. The van der Waals surface area contributed by atoms with Crippen LogP contribution >= 0.6 is 0 Å². The van der Waals surface area contributed by atoms with E-state index in [1.807, 2.05) is 32.0 Å². The zero-order valence-corrected chi connectivity index (χ0v) is 13.5. The van der Waals surface area contributed by atoms with E-state index >= 15 is 0 Å². The Kier molecular flexibility index (Phi) is 7.09. The van der Waals surface area contributed by atoms with E-state index in [-0.39, 0.29) is 29.6 Å². The fraction of sp³-hybridized carbons (Fsp3) is 0.364. The second-order valence-electron chi connectivity index (χ2n) is 3.74. The van der Waals surface area contributed by atoms with Crippen LogP contribution in [0.25, 0.3) is 0 Å². The van der Waals surface area contributed by atoms with Crippen LogP contribution in [-0.2, 0) is 21.3 Å². The summed E-state index contributed by atoms with van der Waals surface area (Å²) < 4.78 is 29.7. The van der Waals surface area contributed by atoms with Crippen LogP contribution in [0.1, 0.15) is 18.1 Å². The Hall–Kier alpha value is -0.400. The average molecular weight is 280 g/mol. The minimum Gasteiger partial charge on any atom is -0.325 e. The van der Waals surface area contributed by atoms with Crippen LogP contribution in [0, 0.1) is 6.92 Å². The number of carbonyl (C=O) groups excluding carboxylic acids is 1. The van der Waals surface area contributed by atoms with Crippen molar-refractivity contribution < 1.29 is 17.8 Å². The summed E-state index contributed by atoms with van der Waals surface area (Å²) in [6.07, 6.45) is 0.725. The second kappa shape index (κ2) is 7.25. The SMILES string of the molecule is CCc1cccc(C)c1NC(=O)CS(=O)(=O)O.[Na]. The zero-order valence-electron chi connectivity index (χ0n) is 10.7. The molecule has 0 bridgehead atoms. The number of benzene rings is 1. The monoisotopic (exact) mass is 280 g/mol. The third kappa shape index (κ3) is 5.49. The fourth-order valence-electron chi connectivity index (χ4n) is 1.54. The molecule has 0 fully saturated rings. The van der Waals surface area contributed by atoms with Gasteiger partial charge in [-0.15, -0.1) is 0 Å². The van der Waals surface area contributed by atoms with Gasteiger partial charge in [0.25, 0.3) is 10.1 Å². The molecular weight excluding hydrogens is 265 g/mol. The predicted octanol–water partition coefficient (Wildman–Crippen LogP) is 1.00. The molecule has 0 heterocycles. The summed E-state index contributed by atoms with van der Waals surface area (Å²) in [5, 5.41) is 2.51. The molecule has 0 atom stereocenters. The molecular formula is C11H15NNaO4S. The molecule has 1 radical (unpaired) electrons. The summed E-state index contributed by atoms with van der Waals surface area (Å²) in [6.45, 7) is 3.76. The standard InChI is InChI=1S/C11H15NO4S.Na/c1-3-9-6-4-5-8(2)11(9)12-10(13)7-17(14,15)16;/h4-6H,3,7H2,1-2H3,(H,12,13)(H,14,15,16);. The van der Waals surface area contributed by atoms with Gasteiger partial charge >= 0.3 is 0 Å². The van der Waals surface area contributed by atoms with E-state index < -0.39 is 21.8 Å². The van der Waals surface area contributed by atoms with Crippen molar-refractivity contribution in [2.75, 3.05) is 11.1 Å². The molecule has 0 spiro atoms. The van der Waals surface area contributed by atoms with Crippen LogP contribution in [-0.4, -0.2) is 54.2 Å². The van der Waals surface area contributed by atoms with Gasteiger partial charge in [-0.1, -0.05) is 25.1 Å². The molecule has 7 heteroatoms. The van der Waals surface area contributed by atoms with Gasteiger partial charge in [-0.3, -0.25) is 9.35 Å². The van der Waals surface area contributed by atoms with E-state index in [0.29, 0.717) is 5.69 Å². The van der Waals surface area contributed by atoms with Crippen molar-refractivity contribution in [1.29, 1.82) is 0 Å². The normalized spacial score (nSPS) is 10.6. The van der Waals surface area contributed by atoms with Crippen molar-refractivity contribution in [3.63, 3.8) is 0 Å². The number of aryl methyl sites for hydroxylation is 2. The predicted molar refractivity (Wildman–Crippen MR) is 71.4 cm³/mol. The van der Waals surface area contributed by atoms with Gasteiger partial charge in [0.2, 0.25) is 5.91 Å². The van der Waals surface area contributed by atoms with E-state index in [9.17, 15) is 13.2 Å². The largest absolute Gasteiger partial charge is 0.325 e. The molecule has 0 aromatic heterocycles. The molecule has 1 amide bonds. The summed E-state index contributed by atoms with van der Waals surface area (Å²) in [7, 11) is -4.29. The first-order chi connectivity index (χ1) is 7.83. The van der Waals surface area contributed by atoms with Crippen molar-refractivity contribution in [2.45, 2.75) is 20.3 Å². The molecule has 5 nitrogen and oxygen atoms in total. The molecule has 0 aliphatic rings. The molecule has 2 N–H and O–H groups in total. The smallest absolute Gasteiger partial charge is 0.274 e. The molecule has 0 aliphatic heterocycles. The van der Waals surface area contributed by atoms with Gasteiger partial charge in [-0.25, -0.2) is 0 Å². The van der Waals surface area contributed by atoms with Crippen LogP contribution in [0.15, 0.2) is 18.2 Å². The van der Waals surface area contributed by atoms with Gasteiger partial charge < -0.3 is 5.32 Å². The molecule has 0 aliphatic carbocycles. The fourth-order valence-corrected chi connectivity index (χ4v) is 1.95. The van der Waals surface area contributed by atoms with E-state index in [1.165, 1.54) is 0 Å². The number of nitrogens with one attached hydrogen (secondary N) is 1. The molecule has 18 heavy (non-hydrogen) atoms. The quantitative estimate of drug-likeness (QED) is 0.636. The maximum absolute atomic E-state index is 11.4. The van der Waals surface area contributed by atoms with Gasteiger partial charge in [0.1, 0.15) is 0 Å². The molecule has 0 saturated carbocycles. The zero-order chi connectivity index (χ0) is 13.1. The Morgan fingerprint density at radius 2 is 2.00 bits per heavy atom. The van der Waals surface area contributed by atoms with Gasteiger partial charge in [0.15, 0.2) is 5.75 Å². The van der Waals surface area contributed by atoms with Crippen LogP contribution in [0.5, 0.6) is 0 Å². The number of hydrogen-bond acceptors (Lipinski definition) is 3. The molecule has 1 aromatic rings. The molecule has 0 unspecified atom stereocenters. The maximum atomic E-state index is 11.4. The Morgan fingerprint density at radius 3 is 2.50 bits per heavy atom. The van der Waals surface area contributed by atoms with E-state index in [2.05, 4.69) is 5.32 Å². The second-order valence-corrected chi connectivity index (χ2v) is 5.19. The van der Waals surface area contributed by atoms with Crippen molar-refractivity contribution in [1.82, 2.24) is 0 Å². The van der Waals surface area contributed by atoms with Gasteiger partial charge in [-0.2, -0.15) is 8.42 Å². The van der Waals surface area contributed by atoms with Crippen LogP contribution < -0.4 is 5.32 Å². The Bertz CT molecular complexity index is 528. The van der Waals surface area contributed by atoms with Gasteiger partial charge in [-0.05, 0) is 24.5 Å². The summed E-state index contributed by atoms with van der Waals surface area (Å²) in [6, 6.07) is 5.55. The van der Waals surface area contributed by atoms with Crippen molar-refractivity contribution in [2.24, 2.45) is 0 Å². The third-order valence-corrected chi connectivity index (χ3v) is 2.94. The van der Waals surface area contributed by atoms with Gasteiger partial charge in [0.05, 0.1) is 0 Å². The first-order valence-corrected chi connectivity index (χ1v) is 6.78. The molecule has 0 saturated heterocycles. The molecule has 1 rings (SSSR count). The van der Waals surface area contributed by atoms with Gasteiger partial charge in [0, 0.05) is 35.2 Å². The first kappa shape index (κ1) is 17.6. The average Bonchev–Trinajstić information content (AvgIpc) is 2.18. The van der Waals surface area contributed by atoms with Crippen LogP contribution in [0.2, 0.25) is 0 Å². The number of anilines is 1. The Balaban J connectivity index is 0.00000289. The van der Waals surface area contributed by atoms with E-state index in [1.54, 1.807) is 0 Å². The van der Waals surface area contributed by atoms with Crippen molar-refractivity contribution in [3.05, 3.63) is 29.3 Å². The summed E-state index contributed by atoms with van der Waals surface area (Å²) in [5.74, 6) is -1.67. The third-order valence-electron chi connectivity index (χ3n) is 2.32. The molecule has 1 aromatic carbocycles. The summed E-state index contributed by atoms with van der Waals surface area (Å²) >= 11 is 0. The van der Waals surface area contributed by atoms with Crippen LogP contribution in [0.3, 0.4) is 0 Å². The Morgan fingerprint density at radius 1 is 1.39 bits per heavy atom. The number of hydrogen-bond donors (Lipinski definition) is 2. The number of carbonyl (C=O) groups is 1. The molecule has 95 valence electrons. The number of para-hydroxylation sites is 1. The van der Waals surface area contributed by atoms with E-state index in [0.717, 1.165) is 17.5 Å². The number of amides is 1. The Labute approximate surface area is 129 Å². The minimum absolute atomic E-state index is 0. The topological polar surface area (TPSA) is 83.5 Å². The van der Waals surface area contributed by atoms with Crippen LogP contribution in [0.4, 0.5) is 5.69 Å². The number of rotatable bonds is 4. The van der Waals surface area contributed by atoms with Crippen molar-refractivity contribution in [3.8, 4) is 0 Å². The minimum atomic E-state index is -4.29. The van der Waals surface area contributed by atoms with Crippen molar-refractivity contribution >= 4 is 51.3 Å².